The summed E-state index contributed by atoms with van der Waals surface area (Å²) in [5.41, 5.74) is 4.74. The Morgan fingerprint density at radius 1 is 1.03 bits per heavy atom. The Kier molecular flexibility index (Phi) is 5.77. The van der Waals surface area contributed by atoms with Gasteiger partial charge in [-0.15, -0.1) is 0 Å². The third kappa shape index (κ3) is 4.04. The average Bonchev–Trinajstić information content (AvgIpc) is 2.80. The summed E-state index contributed by atoms with van der Waals surface area (Å²) in [5, 5.41) is 14.4. The van der Waals surface area contributed by atoms with E-state index in [1.54, 1.807) is 24.3 Å². The van der Waals surface area contributed by atoms with Gasteiger partial charge >= 0.3 is 0 Å². The zero-order valence-corrected chi connectivity index (χ0v) is 17.8. The number of nitriles is 1. The fraction of sp³-hybridized carbons (Fsp3) is 0.0417. The zero-order chi connectivity index (χ0) is 22.0. The number of pyridine rings is 1. The first-order chi connectivity index (χ1) is 15.0. The maximum Gasteiger partial charge on any atom is 0.150 e. The van der Waals surface area contributed by atoms with Crippen LogP contribution in [0.2, 0.25) is 10.0 Å². The summed E-state index contributed by atoms with van der Waals surface area (Å²) in [6.07, 6.45) is 2.33. The number of ether oxygens (including phenoxy) is 1. The van der Waals surface area contributed by atoms with Gasteiger partial charge in [-0.2, -0.15) is 5.26 Å². The first-order valence-electron chi connectivity index (χ1n) is 9.22. The Hall–Kier alpha value is -3.59. The molecule has 0 amide bonds. The quantitative estimate of drug-likeness (QED) is 0.346. The van der Waals surface area contributed by atoms with Gasteiger partial charge in [0.25, 0.3) is 0 Å². The number of methoxy groups -OCH3 is 1. The zero-order valence-electron chi connectivity index (χ0n) is 16.3. The Bertz CT molecular complexity index is 1350. The molecule has 0 saturated heterocycles. The molecule has 0 radical (unpaired) electrons. The molecule has 1 aromatic heterocycles. The summed E-state index contributed by atoms with van der Waals surface area (Å²) in [6, 6.07) is 18.5. The predicted octanol–water partition coefficient (Wildman–Crippen LogP) is 6.64. The molecule has 1 heterocycles. The number of benzene rings is 3. The number of aromatic nitrogens is 1. The van der Waals surface area contributed by atoms with E-state index >= 15 is 0 Å². The van der Waals surface area contributed by atoms with E-state index < -0.39 is 0 Å². The Morgan fingerprint density at radius 3 is 2.45 bits per heavy atom. The molecule has 152 valence electrons. The lowest BCUT2D eigenvalue weighted by Crippen LogP contribution is -1.98. The largest absolute Gasteiger partial charge is 0.495 e. The van der Waals surface area contributed by atoms with Crippen LogP contribution in [0, 0.1) is 11.3 Å². The lowest BCUT2D eigenvalue weighted by atomic mass is 10.0. The molecule has 0 saturated carbocycles. The van der Waals surface area contributed by atoms with Gasteiger partial charge in [0, 0.05) is 23.2 Å². The molecular formula is C24H15Cl2N3O2. The Balaban J connectivity index is 1.81. The molecule has 0 fully saturated rings. The van der Waals surface area contributed by atoms with E-state index in [0.29, 0.717) is 43.8 Å². The van der Waals surface area contributed by atoms with Crippen LogP contribution < -0.4 is 10.1 Å². The highest BCUT2D eigenvalue weighted by Crippen LogP contribution is 2.38. The molecule has 0 bridgehead atoms. The van der Waals surface area contributed by atoms with E-state index in [4.69, 9.17) is 27.9 Å². The van der Waals surface area contributed by atoms with Crippen LogP contribution in [0.5, 0.6) is 5.75 Å². The van der Waals surface area contributed by atoms with Gasteiger partial charge in [-0.1, -0.05) is 59.6 Å². The second-order valence-electron chi connectivity index (χ2n) is 6.72. The molecule has 31 heavy (non-hydrogen) atoms. The minimum absolute atomic E-state index is 0.376. The lowest BCUT2D eigenvalue weighted by Gasteiger charge is -2.15. The fourth-order valence-electron chi connectivity index (χ4n) is 3.26. The van der Waals surface area contributed by atoms with Crippen LogP contribution in [0.15, 0.2) is 60.8 Å². The molecule has 0 aliphatic heterocycles. The van der Waals surface area contributed by atoms with Crippen LogP contribution >= 0.6 is 23.2 Å². The highest BCUT2D eigenvalue weighted by atomic mass is 35.5. The van der Waals surface area contributed by atoms with Crippen LogP contribution in [0.1, 0.15) is 15.9 Å². The minimum atomic E-state index is 0.376. The van der Waals surface area contributed by atoms with Gasteiger partial charge in [-0.3, -0.25) is 9.78 Å². The van der Waals surface area contributed by atoms with E-state index in [9.17, 15) is 10.1 Å². The van der Waals surface area contributed by atoms with E-state index in [-0.39, 0.29) is 0 Å². The number of nitrogens with zero attached hydrogens (tertiary/aromatic N) is 2. The highest BCUT2D eigenvalue weighted by molar-refractivity contribution is 6.37. The van der Waals surface area contributed by atoms with Crippen LogP contribution in [-0.4, -0.2) is 18.4 Å². The summed E-state index contributed by atoms with van der Waals surface area (Å²) in [5.74, 6) is 0.464. The number of rotatable bonds is 5. The predicted molar refractivity (Wildman–Crippen MR) is 124 cm³/mol. The summed E-state index contributed by atoms with van der Waals surface area (Å²) >= 11 is 12.5. The van der Waals surface area contributed by atoms with Crippen molar-refractivity contribution in [3.05, 3.63) is 82.0 Å². The van der Waals surface area contributed by atoms with Crippen LogP contribution in [0.25, 0.3) is 22.0 Å². The summed E-state index contributed by atoms with van der Waals surface area (Å²) in [7, 11) is 1.52. The molecule has 7 heteroatoms. The third-order valence-electron chi connectivity index (χ3n) is 4.87. The van der Waals surface area contributed by atoms with Crippen molar-refractivity contribution in [1.29, 1.82) is 5.26 Å². The SMILES string of the molecule is COc1cc(Nc2c(C#N)cnc3cc(-c4ccc(C=O)cc4)ccc23)c(Cl)cc1Cl. The van der Waals surface area contributed by atoms with Gasteiger partial charge in [0.15, 0.2) is 0 Å². The van der Waals surface area contributed by atoms with E-state index in [1.165, 1.54) is 13.3 Å². The molecule has 1 N–H and O–H groups in total. The van der Waals surface area contributed by atoms with Crippen LogP contribution in [0.3, 0.4) is 0 Å². The first-order valence-corrected chi connectivity index (χ1v) is 9.98. The van der Waals surface area contributed by atoms with Crippen LogP contribution in [-0.2, 0) is 0 Å². The second-order valence-corrected chi connectivity index (χ2v) is 7.54. The van der Waals surface area contributed by atoms with E-state index in [2.05, 4.69) is 16.4 Å². The normalized spacial score (nSPS) is 10.5. The van der Waals surface area contributed by atoms with Gasteiger partial charge in [0.05, 0.1) is 39.6 Å². The molecule has 0 aliphatic carbocycles. The Labute approximate surface area is 188 Å². The van der Waals surface area contributed by atoms with Crippen molar-refractivity contribution < 1.29 is 9.53 Å². The third-order valence-corrected chi connectivity index (χ3v) is 5.48. The first kappa shape index (κ1) is 20.7. The Morgan fingerprint density at radius 2 is 1.77 bits per heavy atom. The molecule has 0 aliphatic rings. The standard InChI is InChI=1S/C24H15Cl2N3O2/c1-31-23-10-22(19(25)9-20(23)26)29-24-17(11-27)12-28-21-8-16(6-7-18(21)24)15-4-2-14(13-30)3-5-15/h2-10,12-13H,1H3,(H,28,29). The van der Waals surface area contributed by atoms with Crippen molar-refractivity contribution in [2.45, 2.75) is 0 Å². The smallest absolute Gasteiger partial charge is 0.150 e. The number of carbonyl (C=O) groups excluding carboxylic acids is 1. The number of carbonyl (C=O) groups is 1. The van der Waals surface area contributed by atoms with E-state index in [0.717, 1.165) is 22.8 Å². The number of fused-ring (bicyclic) bond motifs is 1. The number of nitrogens with one attached hydrogen (secondary N) is 1. The molecule has 4 rings (SSSR count). The lowest BCUT2D eigenvalue weighted by molar-refractivity contribution is 0.112. The van der Waals surface area contributed by atoms with Gasteiger partial charge in [-0.25, -0.2) is 0 Å². The van der Waals surface area contributed by atoms with Crippen molar-refractivity contribution in [3.63, 3.8) is 0 Å². The van der Waals surface area contributed by atoms with Crippen molar-refractivity contribution in [3.8, 4) is 22.9 Å². The molecular weight excluding hydrogens is 433 g/mol. The van der Waals surface area contributed by atoms with Crippen molar-refractivity contribution in [2.24, 2.45) is 0 Å². The van der Waals surface area contributed by atoms with Gasteiger partial charge in [0.2, 0.25) is 0 Å². The van der Waals surface area contributed by atoms with Crippen LogP contribution in [0.4, 0.5) is 11.4 Å². The fourth-order valence-corrected chi connectivity index (χ4v) is 3.77. The van der Waals surface area contributed by atoms with Crippen molar-refractivity contribution in [2.75, 3.05) is 12.4 Å². The summed E-state index contributed by atoms with van der Waals surface area (Å²) < 4.78 is 5.27. The summed E-state index contributed by atoms with van der Waals surface area (Å²) in [4.78, 5) is 15.3. The maximum absolute atomic E-state index is 10.9. The number of hydrogen-bond donors (Lipinski definition) is 1. The molecule has 0 atom stereocenters. The molecule has 0 spiro atoms. The van der Waals surface area contributed by atoms with Gasteiger partial charge in [-0.05, 0) is 23.3 Å². The molecule has 5 nitrogen and oxygen atoms in total. The average molecular weight is 448 g/mol. The molecule has 0 unspecified atom stereocenters. The van der Waals surface area contributed by atoms with E-state index in [1.807, 2.05) is 30.3 Å². The molecule has 4 aromatic rings. The topological polar surface area (TPSA) is 75.0 Å². The van der Waals surface area contributed by atoms with Crippen molar-refractivity contribution in [1.82, 2.24) is 4.98 Å². The number of aldehydes is 1. The maximum atomic E-state index is 10.9. The highest BCUT2D eigenvalue weighted by Gasteiger charge is 2.14. The number of anilines is 2. The summed E-state index contributed by atoms with van der Waals surface area (Å²) in [6.45, 7) is 0. The van der Waals surface area contributed by atoms with Gasteiger partial charge < -0.3 is 10.1 Å². The minimum Gasteiger partial charge on any atom is -0.495 e. The van der Waals surface area contributed by atoms with Gasteiger partial charge in [0.1, 0.15) is 18.1 Å². The van der Waals surface area contributed by atoms with Crippen molar-refractivity contribution >= 4 is 51.8 Å². The molecule has 3 aromatic carbocycles. The monoisotopic (exact) mass is 447 g/mol. The number of halogens is 2. The second kappa shape index (κ2) is 8.65. The number of hydrogen-bond acceptors (Lipinski definition) is 5.